The van der Waals surface area contributed by atoms with Crippen molar-refractivity contribution in [3.63, 3.8) is 0 Å². The zero-order valence-electron chi connectivity index (χ0n) is 10.4. The van der Waals surface area contributed by atoms with Gasteiger partial charge in [-0.3, -0.25) is 9.69 Å². The number of thiophene rings is 1. The Balaban J connectivity index is 2.55. The van der Waals surface area contributed by atoms with Gasteiger partial charge in [0, 0.05) is 11.8 Å². The molecule has 5 heteroatoms. The van der Waals surface area contributed by atoms with Gasteiger partial charge in [0.1, 0.15) is 0 Å². The molecule has 0 spiro atoms. The Morgan fingerprint density at radius 1 is 1.59 bits per heavy atom. The Bertz CT molecular complexity index is 367. The van der Waals surface area contributed by atoms with Crippen molar-refractivity contribution in [2.45, 2.75) is 19.4 Å². The molecular weight excluding hydrogens is 318 g/mol. The summed E-state index contributed by atoms with van der Waals surface area (Å²) in [6.45, 7) is 2.68. The fourth-order valence-corrected chi connectivity index (χ4v) is 3.84. The highest BCUT2D eigenvalue weighted by molar-refractivity contribution is 9.11. The minimum Gasteiger partial charge on any atom is -0.295 e. The van der Waals surface area contributed by atoms with Gasteiger partial charge in [0.05, 0.1) is 15.2 Å². The Kier molecular flexibility index (Phi) is 6.77. The summed E-state index contributed by atoms with van der Waals surface area (Å²) >= 11 is 6.72. The zero-order valence-corrected chi connectivity index (χ0v) is 13.6. The van der Waals surface area contributed by atoms with E-state index in [4.69, 9.17) is 0 Å². The number of ketones is 1. The molecule has 1 rings (SSSR count). The van der Waals surface area contributed by atoms with Crippen molar-refractivity contribution in [3.8, 4) is 0 Å². The van der Waals surface area contributed by atoms with E-state index in [1.807, 2.05) is 30.9 Å². The lowest BCUT2D eigenvalue weighted by molar-refractivity contribution is 0.0929. The van der Waals surface area contributed by atoms with E-state index in [2.05, 4.69) is 34.0 Å². The predicted octanol–water partition coefficient (Wildman–Crippen LogP) is 3.77. The molecular formula is C12H18BrNOS2. The van der Waals surface area contributed by atoms with Crippen LogP contribution < -0.4 is 0 Å². The van der Waals surface area contributed by atoms with Gasteiger partial charge in [-0.05, 0) is 47.8 Å². The maximum absolute atomic E-state index is 12.0. The van der Waals surface area contributed by atoms with Crippen LogP contribution in [0.1, 0.15) is 23.0 Å². The van der Waals surface area contributed by atoms with Crippen LogP contribution in [0.3, 0.4) is 0 Å². The fraction of sp³-hybridized carbons (Fsp3) is 0.583. The van der Waals surface area contributed by atoms with Crippen molar-refractivity contribution in [2.75, 3.05) is 25.6 Å². The van der Waals surface area contributed by atoms with Crippen LogP contribution in [0.5, 0.6) is 0 Å². The lowest BCUT2D eigenvalue weighted by Gasteiger charge is -2.25. The Morgan fingerprint density at radius 3 is 2.76 bits per heavy atom. The van der Waals surface area contributed by atoms with Gasteiger partial charge in [-0.1, -0.05) is 6.92 Å². The van der Waals surface area contributed by atoms with Crippen LogP contribution in [0.15, 0.2) is 15.9 Å². The van der Waals surface area contributed by atoms with Crippen LogP contribution in [-0.4, -0.2) is 42.3 Å². The number of carbonyl (C=O) groups excluding carboxylic acids is 1. The maximum atomic E-state index is 12.0. The standard InChI is InChI=1S/C12H18BrNOS2/c1-4-9(8-16-3)14(2)7-10(15)11-5-6-12(13)17-11/h5-6,9H,4,7-8H2,1-3H3. The molecule has 1 heterocycles. The number of carbonyl (C=O) groups is 1. The third-order valence-electron chi connectivity index (χ3n) is 2.69. The average molecular weight is 336 g/mol. The summed E-state index contributed by atoms with van der Waals surface area (Å²) in [5.41, 5.74) is 0. The van der Waals surface area contributed by atoms with Crippen LogP contribution in [0.4, 0.5) is 0 Å². The second-order valence-electron chi connectivity index (χ2n) is 3.96. The maximum Gasteiger partial charge on any atom is 0.186 e. The van der Waals surface area contributed by atoms with Gasteiger partial charge < -0.3 is 0 Å². The first-order valence-corrected chi connectivity index (χ1v) is 8.56. The Labute approximate surface area is 120 Å². The number of nitrogens with zero attached hydrogens (tertiary/aromatic N) is 1. The molecule has 1 aromatic rings. The van der Waals surface area contributed by atoms with E-state index in [9.17, 15) is 4.79 Å². The molecule has 0 aliphatic carbocycles. The smallest absolute Gasteiger partial charge is 0.186 e. The highest BCUT2D eigenvalue weighted by atomic mass is 79.9. The molecule has 0 amide bonds. The number of likely N-dealkylation sites (N-methyl/N-ethyl adjacent to an activating group) is 1. The summed E-state index contributed by atoms with van der Waals surface area (Å²) in [6, 6.07) is 4.30. The molecule has 0 saturated carbocycles. The van der Waals surface area contributed by atoms with E-state index in [1.165, 1.54) is 11.3 Å². The summed E-state index contributed by atoms with van der Waals surface area (Å²) in [5.74, 6) is 1.29. The van der Waals surface area contributed by atoms with Crippen LogP contribution in [0.25, 0.3) is 0 Å². The van der Waals surface area contributed by atoms with Gasteiger partial charge in [0.15, 0.2) is 5.78 Å². The number of halogens is 1. The second-order valence-corrected chi connectivity index (χ2v) is 7.33. The van der Waals surface area contributed by atoms with Gasteiger partial charge in [-0.25, -0.2) is 0 Å². The highest BCUT2D eigenvalue weighted by Gasteiger charge is 2.17. The Hall–Kier alpha value is 0.160. The SMILES string of the molecule is CCC(CSC)N(C)CC(=O)c1ccc(Br)s1. The average Bonchev–Trinajstić information content (AvgIpc) is 2.72. The third kappa shape index (κ3) is 4.73. The Morgan fingerprint density at radius 2 is 2.29 bits per heavy atom. The van der Waals surface area contributed by atoms with Crippen molar-refractivity contribution >= 4 is 44.8 Å². The van der Waals surface area contributed by atoms with Gasteiger partial charge in [0.25, 0.3) is 0 Å². The number of hydrogen-bond acceptors (Lipinski definition) is 4. The summed E-state index contributed by atoms with van der Waals surface area (Å²) in [4.78, 5) is 15.0. The first-order valence-electron chi connectivity index (χ1n) is 5.56. The predicted molar refractivity (Wildman–Crippen MR) is 81.4 cm³/mol. The van der Waals surface area contributed by atoms with Crippen molar-refractivity contribution < 1.29 is 4.79 Å². The quantitative estimate of drug-likeness (QED) is 0.707. The lowest BCUT2D eigenvalue weighted by Crippen LogP contribution is -2.37. The van der Waals surface area contributed by atoms with Crippen LogP contribution in [0, 0.1) is 0 Å². The van der Waals surface area contributed by atoms with E-state index in [1.54, 1.807) is 0 Å². The molecule has 0 fully saturated rings. The van der Waals surface area contributed by atoms with Crippen LogP contribution in [0.2, 0.25) is 0 Å². The molecule has 0 aliphatic heterocycles. The zero-order chi connectivity index (χ0) is 12.8. The van der Waals surface area contributed by atoms with Gasteiger partial charge >= 0.3 is 0 Å². The third-order valence-corrected chi connectivity index (χ3v) is 5.08. The van der Waals surface area contributed by atoms with Crippen LogP contribution >= 0.6 is 39.0 Å². The van der Waals surface area contributed by atoms with E-state index >= 15 is 0 Å². The first-order chi connectivity index (χ1) is 8.08. The molecule has 1 unspecified atom stereocenters. The number of Topliss-reactive ketones (excluding diaryl/α,β-unsaturated/α-hetero) is 1. The van der Waals surface area contributed by atoms with Crippen molar-refractivity contribution in [1.29, 1.82) is 0 Å². The minimum atomic E-state index is 0.211. The van der Waals surface area contributed by atoms with Gasteiger partial charge in [-0.2, -0.15) is 11.8 Å². The molecule has 96 valence electrons. The normalized spacial score (nSPS) is 13.0. The monoisotopic (exact) mass is 335 g/mol. The minimum absolute atomic E-state index is 0.211. The highest BCUT2D eigenvalue weighted by Crippen LogP contribution is 2.22. The molecule has 0 N–H and O–H groups in total. The lowest BCUT2D eigenvalue weighted by atomic mass is 10.2. The number of thioether (sulfide) groups is 1. The molecule has 2 nitrogen and oxygen atoms in total. The molecule has 0 radical (unpaired) electrons. The molecule has 1 atom stereocenters. The molecule has 0 aromatic carbocycles. The largest absolute Gasteiger partial charge is 0.295 e. The molecule has 0 aliphatic rings. The molecule has 0 bridgehead atoms. The van der Waals surface area contributed by atoms with E-state index in [0.717, 1.165) is 20.8 Å². The van der Waals surface area contributed by atoms with Gasteiger partial charge in [-0.15, -0.1) is 11.3 Å². The topological polar surface area (TPSA) is 20.3 Å². The molecule has 0 saturated heterocycles. The van der Waals surface area contributed by atoms with Crippen molar-refractivity contribution in [3.05, 3.63) is 20.8 Å². The molecule has 17 heavy (non-hydrogen) atoms. The first kappa shape index (κ1) is 15.2. The fourth-order valence-electron chi connectivity index (χ4n) is 1.65. The summed E-state index contributed by atoms with van der Waals surface area (Å²) < 4.78 is 1.01. The number of hydrogen-bond donors (Lipinski definition) is 0. The van der Waals surface area contributed by atoms with E-state index in [-0.39, 0.29) is 5.78 Å². The van der Waals surface area contributed by atoms with E-state index in [0.29, 0.717) is 12.6 Å². The summed E-state index contributed by atoms with van der Waals surface area (Å²) in [7, 11) is 2.03. The van der Waals surface area contributed by atoms with Crippen molar-refractivity contribution in [1.82, 2.24) is 4.90 Å². The van der Waals surface area contributed by atoms with Crippen molar-refractivity contribution in [2.24, 2.45) is 0 Å². The van der Waals surface area contributed by atoms with E-state index < -0.39 is 0 Å². The number of rotatable bonds is 7. The second kappa shape index (κ2) is 7.56. The van der Waals surface area contributed by atoms with Crippen LogP contribution in [-0.2, 0) is 0 Å². The summed E-state index contributed by atoms with van der Waals surface area (Å²) in [5, 5.41) is 0. The van der Waals surface area contributed by atoms with Gasteiger partial charge in [0.2, 0.25) is 0 Å². The molecule has 1 aromatic heterocycles. The summed E-state index contributed by atoms with van der Waals surface area (Å²) in [6.07, 6.45) is 3.19.